The first kappa shape index (κ1) is 10.4. The molecule has 0 aromatic heterocycles. The maximum Gasteiger partial charge on any atom is 0.250 e. The van der Waals surface area contributed by atoms with Gasteiger partial charge < -0.3 is 5.11 Å². The number of amides is 1. The number of aliphatic hydroxyl groups excluding tert-OH is 1. The molecule has 2 atom stereocenters. The molecule has 1 saturated heterocycles. The number of aliphatic hydroxyl groups is 1. The van der Waals surface area contributed by atoms with Gasteiger partial charge in [0.15, 0.2) is 0 Å². The van der Waals surface area contributed by atoms with Gasteiger partial charge in [0.1, 0.15) is 0 Å². The number of hydrogen-bond acceptors (Lipinski definition) is 4. The van der Waals surface area contributed by atoms with Crippen molar-refractivity contribution in [2.24, 2.45) is 5.84 Å². The summed E-state index contributed by atoms with van der Waals surface area (Å²) >= 11 is 0. The fraction of sp³-hybridized carbons (Fsp3) is 0.875. The van der Waals surface area contributed by atoms with Gasteiger partial charge in [-0.3, -0.25) is 15.1 Å². The SMILES string of the molecule is CC(C(=O)NN)N1CCC[C@H]1CO. The summed E-state index contributed by atoms with van der Waals surface area (Å²) < 4.78 is 0. The summed E-state index contributed by atoms with van der Waals surface area (Å²) in [5.74, 6) is 4.84. The van der Waals surface area contributed by atoms with Crippen LogP contribution in [-0.4, -0.2) is 41.1 Å². The van der Waals surface area contributed by atoms with E-state index >= 15 is 0 Å². The van der Waals surface area contributed by atoms with E-state index in [1.165, 1.54) is 0 Å². The Balaban J connectivity index is 2.54. The van der Waals surface area contributed by atoms with Crippen LogP contribution >= 0.6 is 0 Å². The Morgan fingerprint density at radius 2 is 2.54 bits per heavy atom. The maximum absolute atomic E-state index is 11.2. The molecule has 1 aliphatic rings. The second-order valence-corrected chi connectivity index (χ2v) is 3.40. The highest BCUT2D eigenvalue weighted by Gasteiger charge is 2.30. The lowest BCUT2D eigenvalue weighted by Crippen LogP contribution is -2.49. The minimum Gasteiger partial charge on any atom is -0.395 e. The van der Waals surface area contributed by atoms with E-state index in [-0.39, 0.29) is 24.6 Å². The summed E-state index contributed by atoms with van der Waals surface area (Å²) in [5, 5.41) is 9.04. The Kier molecular flexibility index (Phi) is 3.65. The van der Waals surface area contributed by atoms with Crippen LogP contribution in [0.5, 0.6) is 0 Å². The predicted octanol–water partition coefficient (Wildman–Crippen LogP) is -1.18. The first-order chi connectivity index (χ1) is 6.20. The molecule has 0 spiro atoms. The molecule has 0 aromatic carbocycles. The van der Waals surface area contributed by atoms with Gasteiger partial charge in [-0.2, -0.15) is 0 Å². The molecule has 0 radical (unpaired) electrons. The number of nitrogens with one attached hydrogen (secondary N) is 1. The van der Waals surface area contributed by atoms with Crippen molar-refractivity contribution in [1.29, 1.82) is 0 Å². The Morgan fingerprint density at radius 3 is 3.08 bits per heavy atom. The predicted molar refractivity (Wildman–Crippen MR) is 48.6 cm³/mol. The number of carbonyl (C=O) groups is 1. The first-order valence-electron chi connectivity index (χ1n) is 4.57. The van der Waals surface area contributed by atoms with Crippen molar-refractivity contribution >= 4 is 5.91 Å². The third-order valence-electron chi connectivity index (χ3n) is 2.65. The lowest BCUT2D eigenvalue weighted by Gasteiger charge is -2.27. The van der Waals surface area contributed by atoms with Gasteiger partial charge in [0.2, 0.25) is 0 Å². The summed E-state index contributed by atoms with van der Waals surface area (Å²) in [6.45, 7) is 2.78. The monoisotopic (exact) mass is 187 g/mol. The zero-order valence-corrected chi connectivity index (χ0v) is 7.86. The number of likely N-dealkylation sites (tertiary alicyclic amines) is 1. The lowest BCUT2D eigenvalue weighted by molar-refractivity contribution is -0.126. The maximum atomic E-state index is 11.2. The van der Waals surface area contributed by atoms with Gasteiger partial charge >= 0.3 is 0 Å². The van der Waals surface area contributed by atoms with E-state index in [2.05, 4.69) is 5.43 Å². The number of nitrogens with two attached hydrogens (primary N) is 1. The molecular weight excluding hydrogens is 170 g/mol. The number of hydrogen-bond donors (Lipinski definition) is 3. The third kappa shape index (κ3) is 2.18. The summed E-state index contributed by atoms with van der Waals surface area (Å²) in [6, 6.07) is -0.128. The molecule has 5 heteroatoms. The van der Waals surface area contributed by atoms with Crippen molar-refractivity contribution in [3.05, 3.63) is 0 Å². The number of carbonyl (C=O) groups excluding carboxylic acids is 1. The average Bonchev–Trinajstić information content (AvgIpc) is 2.62. The molecule has 0 saturated carbocycles. The zero-order valence-electron chi connectivity index (χ0n) is 7.86. The molecule has 0 aromatic rings. The molecule has 1 fully saturated rings. The number of rotatable bonds is 3. The van der Waals surface area contributed by atoms with E-state index in [9.17, 15) is 4.79 Å². The minimum atomic E-state index is -0.246. The van der Waals surface area contributed by atoms with Crippen LogP contribution in [0.2, 0.25) is 0 Å². The smallest absolute Gasteiger partial charge is 0.250 e. The molecule has 1 heterocycles. The van der Waals surface area contributed by atoms with Crippen molar-refractivity contribution in [2.75, 3.05) is 13.2 Å². The molecule has 13 heavy (non-hydrogen) atoms. The van der Waals surface area contributed by atoms with Crippen molar-refractivity contribution in [3.63, 3.8) is 0 Å². The summed E-state index contributed by atoms with van der Waals surface area (Å²) in [5.41, 5.74) is 2.12. The van der Waals surface area contributed by atoms with Crippen molar-refractivity contribution < 1.29 is 9.90 Å². The number of nitrogens with zero attached hydrogens (tertiary/aromatic N) is 1. The van der Waals surface area contributed by atoms with Crippen molar-refractivity contribution in [2.45, 2.75) is 31.8 Å². The molecule has 0 bridgehead atoms. The molecule has 5 nitrogen and oxygen atoms in total. The Bertz CT molecular complexity index is 186. The van der Waals surface area contributed by atoms with Gasteiger partial charge in [-0.15, -0.1) is 0 Å². The van der Waals surface area contributed by atoms with Gasteiger partial charge in [-0.1, -0.05) is 0 Å². The van der Waals surface area contributed by atoms with Gasteiger partial charge in [0, 0.05) is 6.04 Å². The van der Waals surface area contributed by atoms with Crippen LogP contribution in [-0.2, 0) is 4.79 Å². The van der Waals surface area contributed by atoms with Crippen LogP contribution < -0.4 is 11.3 Å². The Hall–Kier alpha value is -0.650. The molecule has 1 unspecified atom stereocenters. The van der Waals surface area contributed by atoms with Crippen LogP contribution in [0.25, 0.3) is 0 Å². The highest BCUT2D eigenvalue weighted by atomic mass is 16.3. The van der Waals surface area contributed by atoms with E-state index in [4.69, 9.17) is 10.9 Å². The molecule has 1 amide bonds. The van der Waals surface area contributed by atoms with Crippen LogP contribution in [0.3, 0.4) is 0 Å². The topological polar surface area (TPSA) is 78.6 Å². The van der Waals surface area contributed by atoms with Crippen LogP contribution in [0.15, 0.2) is 0 Å². The van der Waals surface area contributed by atoms with Gasteiger partial charge in [-0.05, 0) is 26.3 Å². The third-order valence-corrected chi connectivity index (χ3v) is 2.65. The van der Waals surface area contributed by atoms with Gasteiger partial charge in [0.05, 0.1) is 12.6 Å². The van der Waals surface area contributed by atoms with Crippen LogP contribution in [0.1, 0.15) is 19.8 Å². The largest absolute Gasteiger partial charge is 0.395 e. The molecule has 1 aliphatic heterocycles. The summed E-state index contributed by atoms with van der Waals surface area (Å²) in [7, 11) is 0. The summed E-state index contributed by atoms with van der Waals surface area (Å²) in [4.78, 5) is 13.2. The zero-order chi connectivity index (χ0) is 9.84. The fourth-order valence-corrected chi connectivity index (χ4v) is 1.84. The van der Waals surface area contributed by atoms with Gasteiger partial charge in [0.25, 0.3) is 5.91 Å². The second kappa shape index (κ2) is 4.55. The highest BCUT2D eigenvalue weighted by molar-refractivity contribution is 5.80. The molecule has 1 rings (SSSR count). The Labute approximate surface area is 77.9 Å². The van der Waals surface area contributed by atoms with Crippen molar-refractivity contribution in [3.8, 4) is 0 Å². The van der Waals surface area contributed by atoms with E-state index in [1.54, 1.807) is 6.92 Å². The van der Waals surface area contributed by atoms with E-state index < -0.39 is 0 Å². The number of hydrazine groups is 1. The van der Waals surface area contributed by atoms with E-state index in [0.29, 0.717) is 0 Å². The average molecular weight is 187 g/mol. The lowest BCUT2D eigenvalue weighted by atomic mass is 10.2. The normalized spacial score (nSPS) is 25.9. The molecular formula is C8H17N3O2. The second-order valence-electron chi connectivity index (χ2n) is 3.40. The molecule has 76 valence electrons. The summed E-state index contributed by atoms with van der Waals surface area (Å²) in [6.07, 6.45) is 1.99. The van der Waals surface area contributed by atoms with Crippen molar-refractivity contribution in [1.82, 2.24) is 10.3 Å². The first-order valence-corrected chi connectivity index (χ1v) is 4.57. The quantitative estimate of drug-likeness (QED) is 0.295. The molecule has 0 aliphatic carbocycles. The van der Waals surface area contributed by atoms with Crippen LogP contribution in [0.4, 0.5) is 0 Å². The van der Waals surface area contributed by atoms with Gasteiger partial charge in [-0.25, -0.2) is 5.84 Å². The van der Waals surface area contributed by atoms with Crippen LogP contribution in [0, 0.1) is 0 Å². The fourth-order valence-electron chi connectivity index (χ4n) is 1.84. The standard InChI is InChI=1S/C8H17N3O2/c1-6(8(13)10-9)11-4-2-3-7(11)5-12/h6-7,12H,2-5,9H2,1H3,(H,10,13)/t6?,7-/m0/s1. The highest BCUT2D eigenvalue weighted by Crippen LogP contribution is 2.19. The molecule has 4 N–H and O–H groups in total. The minimum absolute atomic E-state index is 0.113. The van der Waals surface area contributed by atoms with E-state index in [0.717, 1.165) is 19.4 Å². The Morgan fingerprint density at radius 1 is 1.85 bits per heavy atom. The van der Waals surface area contributed by atoms with E-state index in [1.807, 2.05) is 4.90 Å².